The number of carbonyl (C=O) groups excluding carboxylic acids is 1. The second-order valence-electron chi connectivity index (χ2n) is 5.96. The summed E-state index contributed by atoms with van der Waals surface area (Å²) in [6.07, 6.45) is 1.77. The number of nitrogens with one attached hydrogen (secondary N) is 1. The molecule has 0 unspecified atom stereocenters. The van der Waals surface area contributed by atoms with Crippen molar-refractivity contribution in [3.05, 3.63) is 34.2 Å². The number of hydrogen-bond donors (Lipinski definition) is 2. The number of halogens is 2. The molecule has 0 bridgehead atoms. The molecule has 0 aromatic heterocycles. The highest BCUT2D eigenvalue weighted by atomic mass is 35.5. The third-order valence-corrected chi connectivity index (χ3v) is 6.28. The number of benzene rings is 1. The Kier molecular flexibility index (Phi) is 6.73. The molecule has 6 nitrogen and oxygen atoms in total. The molecular weight excluding hydrogens is 387 g/mol. The fraction of sp³-hybridized carbons (Fsp3) is 0.438. The predicted molar refractivity (Wildman–Crippen MR) is 99.7 cm³/mol. The van der Waals surface area contributed by atoms with Gasteiger partial charge in [0.2, 0.25) is 10.0 Å². The largest absolute Gasteiger partial charge is 0.506 e. The van der Waals surface area contributed by atoms with Gasteiger partial charge in [-0.05, 0) is 24.8 Å². The molecule has 0 radical (unpaired) electrons. The van der Waals surface area contributed by atoms with Gasteiger partial charge in [-0.2, -0.15) is 4.31 Å². The van der Waals surface area contributed by atoms with Gasteiger partial charge in [0, 0.05) is 31.0 Å². The Hall–Kier alpha value is -1.28. The summed E-state index contributed by atoms with van der Waals surface area (Å²) < 4.78 is 25.1. The molecule has 0 spiro atoms. The summed E-state index contributed by atoms with van der Waals surface area (Å²) in [5, 5.41) is 14.1. The molecule has 2 N–H and O–H groups in total. The number of aromatic hydroxyl groups is 1. The van der Waals surface area contributed by atoms with E-state index in [4.69, 9.17) is 23.2 Å². The SMILES string of the molecule is C=CS(=O)(=O)N1CCC[C@@H](CC(=O)CNc2cc(Cl)c(Cl)cc2O)C1. The minimum atomic E-state index is -3.45. The second-order valence-corrected chi connectivity index (χ2v) is 8.65. The molecule has 1 aliphatic heterocycles. The molecule has 2 rings (SSSR count). The third kappa shape index (κ3) is 5.34. The van der Waals surface area contributed by atoms with Crippen molar-refractivity contribution in [2.75, 3.05) is 25.0 Å². The molecule has 138 valence electrons. The van der Waals surface area contributed by atoms with Crippen LogP contribution in [0, 0.1) is 5.92 Å². The van der Waals surface area contributed by atoms with Crippen molar-refractivity contribution in [3.8, 4) is 5.75 Å². The van der Waals surface area contributed by atoms with E-state index in [1.54, 1.807) is 0 Å². The molecule has 1 aromatic carbocycles. The van der Waals surface area contributed by atoms with Crippen LogP contribution in [-0.2, 0) is 14.8 Å². The molecule has 1 aromatic rings. The highest BCUT2D eigenvalue weighted by Gasteiger charge is 2.28. The summed E-state index contributed by atoms with van der Waals surface area (Å²) in [4.78, 5) is 12.2. The first-order chi connectivity index (χ1) is 11.7. The van der Waals surface area contributed by atoms with Crippen LogP contribution in [0.4, 0.5) is 5.69 Å². The number of rotatable bonds is 7. The van der Waals surface area contributed by atoms with Crippen LogP contribution in [0.15, 0.2) is 24.1 Å². The number of ketones is 1. The first kappa shape index (κ1) is 20.0. The standard InChI is InChI=1S/C16H20Cl2N2O4S/c1-2-25(23,24)20-5-3-4-11(10-20)6-12(21)9-19-15-7-13(17)14(18)8-16(15)22/h2,7-8,11,19,22H,1,3-6,9-10H2/t11-/m0/s1. The van der Waals surface area contributed by atoms with Gasteiger partial charge >= 0.3 is 0 Å². The van der Waals surface area contributed by atoms with Crippen molar-refractivity contribution in [2.45, 2.75) is 19.3 Å². The van der Waals surface area contributed by atoms with E-state index in [0.29, 0.717) is 25.2 Å². The minimum absolute atomic E-state index is 0.0101. The molecule has 1 fully saturated rings. The number of carbonyl (C=O) groups is 1. The highest BCUT2D eigenvalue weighted by molar-refractivity contribution is 7.92. The van der Waals surface area contributed by atoms with Gasteiger partial charge in [-0.25, -0.2) is 8.42 Å². The fourth-order valence-corrected chi connectivity index (χ4v) is 4.13. The smallest absolute Gasteiger partial charge is 0.235 e. The van der Waals surface area contributed by atoms with Crippen LogP contribution in [-0.4, -0.2) is 43.2 Å². The number of Topliss-reactive ketones (excluding diaryl/α,β-unsaturated/α-hetero) is 1. The highest BCUT2D eigenvalue weighted by Crippen LogP contribution is 2.33. The third-order valence-electron chi connectivity index (χ3n) is 4.08. The topological polar surface area (TPSA) is 86.7 Å². The van der Waals surface area contributed by atoms with Crippen LogP contribution >= 0.6 is 23.2 Å². The van der Waals surface area contributed by atoms with Gasteiger partial charge in [0.05, 0.1) is 22.3 Å². The quantitative estimate of drug-likeness (QED) is 0.678. The second kappa shape index (κ2) is 8.40. The van der Waals surface area contributed by atoms with Crippen LogP contribution in [0.2, 0.25) is 10.0 Å². The molecule has 0 aliphatic carbocycles. The Morgan fingerprint density at radius 2 is 2.08 bits per heavy atom. The lowest BCUT2D eigenvalue weighted by Crippen LogP contribution is -2.39. The van der Waals surface area contributed by atoms with Gasteiger partial charge in [-0.3, -0.25) is 4.79 Å². The van der Waals surface area contributed by atoms with E-state index in [1.165, 1.54) is 16.4 Å². The zero-order chi connectivity index (χ0) is 18.6. The Morgan fingerprint density at radius 3 is 2.76 bits per heavy atom. The van der Waals surface area contributed by atoms with Crippen LogP contribution in [0.3, 0.4) is 0 Å². The number of nitrogens with zero attached hydrogens (tertiary/aromatic N) is 1. The first-order valence-electron chi connectivity index (χ1n) is 7.79. The molecule has 1 heterocycles. The minimum Gasteiger partial charge on any atom is -0.506 e. The number of phenolic OH excluding ortho intramolecular Hbond substituents is 1. The van der Waals surface area contributed by atoms with Gasteiger partial charge < -0.3 is 10.4 Å². The maximum Gasteiger partial charge on any atom is 0.235 e. The van der Waals surface area contributed by atoms with Gasteiger partial charge in [0.15, 0.2) is 5.78 Å². The number of piperidine rings is 1. The average molecular weight is 407 g/mol. The van der Waals surface area contributed by atoms with Crippen LogP contribution in [0.25, 0.3) is 0 Å². The number of hydrogen-bond acceptors (Lipinski definition) is 5. The van der Waals surface area contributed by atoms with Crippen molar-refractivity contribution in [2.24, 2.45) is 5.92 Å². The summed E-state index contributed by atoms with van der Waals surface area (Å²) in [6, 6.07) is 2.75. The molecule has 1 saturated heterocycles. The summed E-state index contributed by atoms with van der Waals surface area (Å²) >= 11 is 11.7. The van der Waals surface area contributed by atoms with E-state index in [9.17, 15) is 18.3 Å². The lowest BCUT2D eigenvalue weighted by atomic mass is 9.94. The average Bonchev–Trinajstić information content (AvgIpc) is 2.57. The van der Waals surface area contributed by atoms with Crippen LogP contribution in [0.5, 0.6) is 5.75 Å². The van der Waals surface area contributed by atoms with Crippen LogP contribution < -0.4 is 5.32 Å². The summed E-state index contributed by atoms with van der Waals surface area (Å²) in [5.41, 5.74) is 0.322. The summed E-state index contributed by atoms with van der Waals surface area (Å²) in [5.74, 6) is -0.198. The fourth-order valence-electron chi connectivity index (χ4n) is 2.80. The normalized spacial score (nSPS) is 18.7. The van der Waals surface area contributed by atoms with E-state index in [2.05, 4.69) is 11.9 Å². The lowest BCUT2D eigenvalue weighted by Gasteiger charge is -2.30. The van der Waals surface area contributed by atoms with Gasteiger partial charge in [0.1, 0.15) is 5.75 Å². The van der Waals surface area contributed by atoms with Crippen molar-refractivity contribution < 1.29 is 18.3 Å². The Bertz CT molecular complexity index is 768. The van der Waals surface area contributed by atoms with Crippen molar-refractivity contribution in [3.63, 3.8) is 0 Å². The van der Waals surface area contributed by atoms with E-state index in [0.717, 1.165) is 11.8 Å². The Morgan fingerprint density at radius 1 is 1.40 bits per heavy atom. The maximum absolute atomic E-state index is 12.2. The van der Waals surface area contributed by atoms with Crippen molar-refractivity contribution in [1.29, 1.82) is 0 Å². The van der Waals surface area contributed by atoms with Gasteiger partial charge in [0.25, 0.3) is 0 Å². The number of phenols is 1. The summed E-state index contributed by atoms with van der Waals surface area (Å²) in [7, 11) is -3.45. The molecular formula is C16H20Cl2N2O4S. The molecule has 0 amide bonds. The number of sulfonamides is 1. The Balaban J connectivity index is 1.90. The van der Waals surface area contributed by atoms with Crippen molar-refractivity contribution >= 4 is 44.7 Å². The first-order valence-corrected chi connectivity index (χ1v) is 10.0. The number of anilines is 1. The molecule has 0 saturated carbocycles. The summed E-state index contributed by atoms with van der Waals surface area (Å²) in [6.45, 7) is 4.11. The van der Waals surface area contributed by atoms with Gasteiger partial charge in [-0.15, -0.1) is 0 Å². The predicted octanol–water partition coefficient (Wildman–Crippen LogP) is 3.26. The molecule has 1 atom stereocenters. The van der Waals surface area contributed by atoms with E-state index >= 15 is 0 Å². The zero-order valence-electron chi connectivity index (χ0n) is 13.5. The van der Waals surface area contributed by atoms with Gasteiger partial charge in [-0.1, -0.05) is 29.8 Å². The molecule has 25 heavy (non-hydrogen) atoms. The Labute approximate surface area is 157 Å². The lowest BCUT2D eigenvalue weighted by molar-refractivity contribution is -0.118. The maximum atomic E-state index is 12.2. The van der Waals surface area contributed by atoms with E-state index in [1.807, 2.05) is 0 Å². The van der Waals surface area contributed by atoms with E-state index in [-0.39, 0.29) is 40.5 Å². The monoisotopic (exact) mass is 406 g/mol. The van der Waals surface area contributed by atoms with E-state index < -0.39 is 10.0 Å². The van der Waals surface area contributed by atoms with Crippen molar-refractivity contribution in [1.82, 2.24) is 4.31 Å². The molecule has 1 aliphatic rings. The van der Waals surface area contributed by atoms with Crippen LogP contribution in [0.1, 0.15) is 19.3 Å². The molecule has 9 heteroatoms. The zero-order valence-corrected chi connectivity index (χ0v) is 15.9.